The number of nitrogens with zero attached hydrogens (tertiary/aromatic N) is 3. The number of benzene rings is 2. The molecule has 1 atom stereocenters. The van der Waals surface area contributed by atoms with Gasteiger partial charge in [-0.15, -0.1) is 0 Å². The van der Waals surface area contributed by atoms with Crippen molar-refractivity contribution in [3.8, 4) is 17.2 Å². The Hall–Kier alpha value is -3.22. The maximum absolute atomic E-state index is 13.9. The molecule has 1 aromatic heterocycles. The van der Waals surface area contributed by atoms with E-state index < -0.39 is 0 Å². The molecule has 1 amide bonds. The Morgan fingerprint density at radius 1 is 1.20 bits per heavy atom. The summed E-state index contributed by atoms with van der Waals surface area (Å²) in [6.07, 6.45) is 2.39. The number of halogens is 1. The van der Waals surface area contributed by atoms with Gasteiger partial charge in [-0.05, 0) is 36.8 Å². The molecule has 0 bridgehead atoms. The van der Waals surface area contributed by atoms with E-state index in [-0.39, 0.29) is 30.6 Å². The second-order valence-corrected chi connectivity index (χ2v) is 7.45. The maximum Gasteiger partial charge on any atom is 0.257 e. The van der Waals surface area contributed by atoms with Crippen molar-refractivity contribution in [2.45, 2.75) is 38.6 Å². The van der Waals surface area contributed by atoms with Crippen molar-refractivity contribution in [3.63, 3.8) is 0 Å². The molecule has 156 valence electrons. The summed E-state index contributed by atoms with van der Waals surface area (Å²) in [6, 6.07) is 14.0. The third-order valence-corrected chi connectivity index (χ3v) is 5.21. The van der Waals surface area contributed by atoms with Crippen LogP contribution in [0.3, 0.4) is 0 Å². The first-order valence-corrected chi connectivity index (χ1v) is 10.2. The van der Waals surface area contributed by atoms with E-state index in [0.29, 0.717) is 30.4 Å². The van der Waals surface area contributed by atoms with Crippen LogP contribution in [0.1, 0.15) is 43.5 Å². The average molecular weight is 409 g/mol. The first kappa shape index (κ1) is 20.1. The Morgan fingerprint density at radius 3 is 2.77 bits per heavy atom. The van der Waals surface area contributed by atoms with Gasteiger partial charge in [-0.25, -0.2) is 4.39 Å². The number of amides is 1. The second-order valence-electron chi connectivity index (χ2n) is 7.45. The summed E-state index contributed by atoms with van der Waals surface area (Å²) in [5.41, 5.74) is 1.30. The highest BCUT2D eigenvalue weighted by molar-refractivity contribution is 5.79. The van der Waals surface area contributed by atoms with E-state index in [4.69, 9.17) is 9.26 Å². The Morgan fingerprint density at radius 2 is 2.00 bits per heavy atom. The number of unbranched alkanes of at least 4 members (excludes halogenated alkanes) is 1. The Kier molecular flexibility index (Phi) is 6.07. The van der Waals surface area contributed by atoms with Crippen LogP contribution in [0.2, 0.25) is 0 Å². The summed E-state index contributed by atoms with van der Waals surface area (Å²) in [7, 11) is 0. The zero-order valence-electron chi connectivity index (χ0n) is 16.9. The predicted octanol–water partition coefficient (Wildman–Crippen LogP) is 4.57. The Labute approximate surface area is 174 Å². The van der Waals surface area contributed by atoms with Gasteiger partial charge in [-0.2, -0.15) is 4.98 Å². The smallest absolute Gasteiger partial charge is 0.257 e. The molecule has 7 heteroatoms. The number of ether oxygens (including phenoxy) is 1. The lowest BCUT2D eigenvalue weighted by molar-refractivity contribution is -0.128. The van der Waals surface area contributed by atoms with E-state index in [1.807, 2.05) is 24.3 Å². The van der Waals surface area contributed by atoms with Crippen molar-refractivity contribution in [1.82, 2.24) is 15.0 Å². The lowest BCUT2D eigenvalue weighted by Gasteiger charge is -2.16. The summed E-state index contributed by atoms with van der Waals surface area (Å²) in [4.78, 5) is 18.5. The third kappa shape index (κ3) is 4.50. The number of carbonyl (C=O) groups excluding carboxylic acids is 1. The highest BCUT2D eigenvalue weighted by atomic mass is 19.1. The van der Waals surface area contributed by atoms with Gasteiger partial charge in [0.2, 0.25) is 5.91 Å². The molecular formula is C23H24FN3O3. The summed E-state index contributed by atoms with van der Waals surface area (Å²) in [5.74, 6) is 1.19. The minimum Gasteiger partial charge on any atom is -0.494 e. The fourth-order valence-corrected chi connectivity index (χ4v) is 3.48. The molecule has 0 saturated carbocycles. The van der Waals surface area contributed by atoms with Gasteiger partial charge in [-0.1, -0.05) is 36.7 Å². The van der Waals surface area contributed by atoms with Crippen LogP contribution >= 0.6 is 0 Å². The van der Waals surface area contributed by atoms with E-state index in [0.717, 1.165) is 24.2 Å². The highest BCUT2D eigenvalue weighted by Crippen LogP contribution is 2.30. The van der Waals surface area contributed by atoms with Gasteiger partial charge in [0.05, 0.1) is 6.61 Å². The lowest BCUT2D eigenvalue weighted by atomic mass is 10.1. The van der Waals surface area contributed by atoms with Crippen molar-refractivity contribution >= 4 is 5.91 Å². The van der Waals surface area contributed by atoms with Crippen molar-refractivity contribution in [1.29, 1.82) is 0 Å². The molecule has 2 aromatic carbocycles. The maximum atomic E-state index is 13.9. The molecule has 0 N–H and O–H groups in total. The number of likely N-dealkylation sites (tertiary alicyclic amines) is 1. The summed E-state index contributed by atoms with van der Waals surface area (Å²) in [6.45, 7) is 3.50. The van der Waals surface area contributed by atoms with Crippen molar-refractivity contribution in [3.05, 3.63) is 65.7 Å². The van der Waals surface area contributed by atoms with Crippen LogP contribution in [0.4, 0.5) is 4.39 Å². The van der Waals surface area contributed by atoms with Gasteiger partial charge < -0.3 is 14.2 Å². The molecule has 30 heavy (non-hydrogen) atoms. The van der Waals surface area contributed by atoms with Crippen LogP contribution in [0.15, 0.2) is 53.1 Å². The van der Waals surface area contributed by atoms with Crippen LogP contribution in [-0.4, -0.2) is 34.1 Å². The van der Waals surface area contributed by atoms with Crippen molar-refractivity contribution in [2.24, 2.45) is 0 Å². The predicted molar refractivity (Wildman–Crippen MR) is 109 cm³/mol. The number of aromatic nitrogens is 2. The lowest BCUT2D eigenvalue weighted by Crippen LogP contribution is -2.25. The zero-order valence-corrected chi connectivity index (χ0v) is 16.9. The first-order valence-electron chi connectivity index (χ1n) is 10.2. The molecule has 0 radical (unpaired) electrons. The van der Waals surface area contributed by atoms with E-state index in [2.05, 4.69) is 17.1 Å². The Bertz CT molecular complexity index is 1000. The number of rotatable bonds is 8. The molecule has 1 aliphatic rings. The van der Waals surface area contributed by atoms with E-state index in [9.17, 15) is 9.18 Å². The quantitative estimate of drug-likeness (QED) is 0.510. The number of hydrogen-bond donors (Lipinski definition) is 0. The summed E-state index contributed by atoms with van der Waals surface area (Å²) < 4.78 is 25.0. The van der Waals surface area contributed by atoms with E-state index in [1.54, 1.807) is 23.1 Å². The number of hydrogen-bond acceptors (Lipinski definition) is 5. The molecule has 2 heterocycles. The van der Waals surface area contributed by atoms with Gasteiger partial charge >= 0.3 is 0 Å². The topological polar surface area (TPSA) is 68.5 Å². The zero-order chi connectivity index (χ0) is 20.9. The molecule has 1 aliphatic heterocycles. The van der Waals surface area contributed by atoms with E-state index >= 15 is 0 Å². The van der Waals surface area contributed by atoms with Crippen LogP contribution in [0.25, 0.3) is 11.5 Å². The minimum absolute atomic E-state index is 0.0387. The monoisotopic (exact) mass is 409 g/mol. The summed E-state index contributed by atoms with van der Waals surface area (Å²) >= 11 is 0. The molecule has 0 aliphatic carbocycles. The van der Waals surface area contributed by atoms with Crippen molar-refractivity contribution in [2.75, 3.05) is 13.2 Å². The normalized spacial score (nSPS) is 16.3. The third-order valence-electron chi connectivity index (χ3n) is 5.21. The van der Waals surface area contributed by atoms with Gasteiger partial charge in [0.15, 0.2) is 5.82 Å². The molecular weight excluding hydrogens is 385 g/mol. The standard InChI is InChI=1S/C23H24FN3O3/c1-2-3-12-29-19-10-8-16(9-11-19)23-25-22(26-30-23)18-13-21(28)27(15-18)14-17-6-4-5-7-20(17)24/h4-11,18H,2-3,12-15H2,1H3. The fourth-order valence-electron chi connectivity index (χ4n) is 3.48. The van der Waals surface area contributed by atoms with Gasteiger partial charge in [0.25, 0.3) is 5.89 Å². The minimum atomic E-state index is -0.308. The second kappa shape index (κ2) is 9.07. The largest absolute Gasteiger partial charge is 0.494 e. The molecule has 1 unspecified atom stereocenters. The fraction of sp³-hybridized carbons (Fsp3) is 0.348. The Balaban J connectivity index is 1.40. The SMILES string of the molecule is CCCCOc1ccc(-c2nc(C3CC(=O)N(Cc4ccccc4F)C3)no2)cc1. The molecule has 3 aromatic rings. The highest BCUT2D eigenvalue weighted by Gasteiger charge is 2.34. The van der Waals surface area contributed by atoms with Crippen molar-refractivity contribution < 1.29 is 18.4 Å². The molecule has 1 fully saturated rings. The first-order chi connectivity index (χ1) is 14.6. The summed E-state index contributed by atoms with van der Waals surface area (Å²) in [5, 5.41) is 4.08. The molecule has 4 rings (SSSR count). The van der Waals surface area contributed by atoms with Crippen LogP contribution in [0, 0.1) is 5.82 Å². The van der Waals surface area contributed by atoms with Crippen LogP contribution < -0.4 is 4.74 Å². The molecule has 1 saturated heterocycles. The van der Waals surface area contributed by atoms with Crippen LogP contribution in [0.5, 0.6) is 5.75 Å². The van der Waals surface area contributed by atoms with E-state index in [1.165, 1.54) is 6.07 Å². The average Bonchev–Trinajstić information content (AvgIpc) is 3.38. The van der Waals surface area contributed by atoms with Gasteiger partial charge in [-0.3, -0.25) is 4.79 Å². The van der Waals surface area contributed by atoms with Crippen LogP contribution in [-0.2, 0) is 11.3 Å². The number of carbonyl (C=O) groups is 1. The van der Waals surface area contributed by atoms with Gasteiger partial charge in [0, 0.05) is 36.6 Å². The molecule has 0 spiro atoms. The van der Waals surface area contributed by atoms with Gasteiger partial charge in [0.1, 0.15) is 11.6 Å². The molecule has 6 nitrogen and oxygen atoms in total.